The molecule has 1 atom stereocenters. The first-order valence-corrected chi connectivity index (χ1v) is 9.96. The van der Waals surface area contributed by atoms with Gasteiger partial charge in [0, 0.05) is 29.2 Å². The van der Waals surface area contributed by atoms with Crippen molar-refractivity contribution in [3.8, 4) is 11.1 Å². The van der Waals surface area contributed by atoms with Gasteiger partial charge < -0.3 is 9.80 Å². The summed E-state index contributed by atoms with van der Waals surface area (Å²) >= 11 is 6.03. The van der Waals surface area contributed by atoms with Crippen LogP contribution < -0.4 is 4.90 Å². The Kier molecular flexibility index (Phi) is 5.36. The Morgan fingerprint density at radius 3 is 2.41 bits per heavy atom. The van der Waals surface area contributed by atoms with Crippen LogP contribution in [0.15, 0.2) is 78.9 Å². The fraction of sp³-hybridized carbons (Fsp3) is 0.167. The lowest BCUT2D eigenvalue weighted by Gasteiger charge is -2.39. The number of benzene rings is 3. The van der Waals surface area contributed by atoms with Gasteiger partial charge in [0.05, 0.1) is 5.69 Å². The van der Waals surface area contributed by atoms with E-state index in [2.05, 4.69) is 0 Å². The third kappa shape index (κ3) is 3.76. The van der Waals surface area contributed by atoms with E-state index in [1.165, 1.54) is 0 Å². The first kappa shape index (κ1) is 19.2. The maximum atomic E-state index is 13.2. The Morgan fingerprint density at radius 2 is 1.66 bits per heavy atom. The molecule has 0 aromatic heterocycles. The fourth-order valence-corrected chi connectivity index (χ4v) is 3.94. The molecule has 3 aromatic rings. The van der Waals surface area contributed by atoms with Gasteiger partial charge in [-0.25, -0.2) is 0 Å². The molecule has 0 saturated carbocycles. The zero-order chi connectivity index (χ0) is 20.4. The predicted molar refractivity (Wildman–Crippen MR) is 116 cm³/mol. The average Bonchev–Trinajstić information content (AvgIpc) is 2.76. The van der Waals surface area contributed by atoms with Crippen molar-refractivity contribution in [2.75, 3.05) is 18.0 Å². The number of para-hydroxylation sites is 1. The second-order valence-electron chi connectivity index (χ2n) is 7.06. The van der Waals surface area contributed by atoms with Crippen LogP contribution in [0.1, 0.15) is 17.3 Å². The van der Waals surface area contributed by atoms with Crippen LogP contribution in [0.2, 0.25) is 5.02 Å². The molecule has 0 radical (unpaired) electrons. The number of nitrogens with zero attached hydrogens (tertiary/aromatic N) is 2. The molecule has 0 unspecified atom stereocenters. The van der Waals surface area contributed by atoms with Crippen LogP contribution in [-0.4, -0.2) is 35.8 Å². The number of hydrogen-bond donors (Lipinski definition) is 0. The summed E-state index contributed by atoms with van der Waals surface area (Å²) in [4.78, 5) is 29.6. The summed E-state index contributed by atoms with van der Waals surface area (Å²) < 4.78 is 0. The largest absolute Gasteiger partial charge is 0.325 e. The summed E-state index contributed by atoms with van der Waals surface area (Å²) in [7, 11) is 0. The summed E-state index contributed by atoms with van der Waals surface area (Å²) in [5.41, 5.74) is 3.42. The van der Waals surface area contributed by atoms with Gasteiger partial charge in [0.25, 0.3) is 5.91 Å². The summed E-state index contributed by atoms with van der Waals surface area (Å²) in [5.74, 6) is -0.264. The molecule has 4 nitrogen and oxygen atoms in total. The molecular formula is C24H21ClN2O2. The molecule has 146 valence electrons. The molecule has 1 aliphatic rings. The fourth-order valence-electron chi connectivity index (χ4n) is 3.75. The van der Waals surface area contributed by atoms with Crippen LogP contribution in [0.3, 0.4) is 0 Å². The highest BCUT2D eigenvalue weighted by Gasteiger charge is 2.36. The highest BCUT2D eigenvalue weighted by atomic mass is 35.5. The second kappa shape index (κ2) is 8.10. The van der Waals surface area contributed by atoms with Crippen molar-refractivity contribution >= 4 is 29.1 Å². The van der Waals surface area contributed by atoms with Gasteiger partial charge in [0.2, 0.25) is 5.91 Å². The van der Waals surface area contributed by atoms with Crippen molar-refractivity contribution in [2.24, 2.45) is 0 Å². The lowest BCUT2D eigenvalue weighted by molar-refractivity contribution is -0.124. The number of carbonyl (C=O) groups excluding carboxylic acids is 2. The van der Waals surface area contributed by atoms with E-state index in [1.54, 1.807) is 41.0 Å². The quantitative estimate of drug-likeness (QED) is 0.624. The van der Waals surface area contributed by atoms with E-state index in [9.17, 15) is 9.59 Å². The topological polar surface area (TPSA) is 40.6 Å². The minimum absolute atomic E-state index is 0.0880. The molecule has 2 amide bonds. The number of piperazine rings is 1. The molecule has 5 heteroatoms. The number of rotatable bonds is 3. The van der Waals surface area contributed by atoms with Crippen molar-refractivity contribution in [2.45, 2.75) is 13.0 Å². The SMILES string of the molecule is C[C@H]1C(=O)N(c2ccccc2-c2ccccc2)CCN1C(=O)c1cccc(Cl)c1. The Morgan fingerprint density at radius 1 is 0.931 bits per heavy atom. The van der Waals surface area contributed by atoms with Crippen molar-refractivity contribution in [3.05, 3.63) is 89.4 Å². The summed E-state index contributed by atoms with van der Waals surface area (Å²) in [6.07, 6.45) is 0. The van der Waals surface area contributed by atoms with Crippen molar-refractivity contribution in [3.63, 3.8) is 0 Å². The van der Waals surface area contributed by atoms with Gasteiger partial charge in [0.15, 0.2) is 0 Å². The van der Waals surface area contributed by atoms with Gasteiger partial charge in [0.1, 0.15) is 6.04 Å². The zero-order valence-electron chi connectivity index (χ0n) is 16.1. The summed E-state index contributed by atoms with van der Waals surface area (Å²) in [6, 6.07) is 24.2. The minimum Gasteiger partial charge on any atom is -0.325 e. The molecule has 3 aromatic carbocycles. The van der Waals surface area contributed by atoms with Crippen LogP contribution in [0.4, 0.5) is 5.69 Å². The molecule has 0 spiro atoms. The van der Waals surface area contributed by atoms with Gasteiger partial charge in [-0.05, 0) is 36.8 Å². The molecular weight excluding hydrogens is 384 g/mol. The van der Waals surface area contributed by atoms with Crippen molar-refractivity contribution in [1.82, 2.24) is 4.90 Å². The Hall–Kier alpha value is -3.11. The smallest absolute Gasteiger partial charge is 0.254 e. The number of amides is 2. The Bertz CT molecular complexity index is 1050. The average molecular weight is 405 g/mol. The molecule has 1 aliphatic heterocycles. The number of halogens is 1. The van der Waals surface area contributed by atoms with E-state index in [1.807, 2.05) is 54.6 Å². The Balaban J connectivity index is 1.61. The van der Waals surface area contributed by atoms with Gasteiger partial charge in [-0.15, -0.1) is 0 Å². The molecule has 1 fully saturated rings. The van der Waals surface area contributed by atoms with Gasteiger partial charge in [-0.3, -0.25) is 9.59 Å². The van der Waals surface area contributed by atoms with Gasteiger partial charge in [-0.2, -0.15) is 0 Å². The third-order valence-electron chi connectivity index (χ3n) is 5.27. The minimum atomic E-state index is -0.556. The van der Waals surface area contributed by atoms with Gasteiger partial charge in [-0.1, -0.05) is 66.2 Å². The van der Waals surface area contributed by atoms with E-state index in [-0.39, 0.29) is 11.8 Å². The standard InChI is InChI=1S/C24H21ClN2O2/c1-17-23(28)27(15-14-26(17)24(29)19-10-7-11-20(25)16-19)22-13-6-5-12-21(22)18-8-3-2-4-9-18/h2-13,16-17H,14-15H2,1H3/t17-/m0/s1. The van der Waals surface area contributed by atoms with Crippen LogP contribution in [0.25, 0.3) is 11.1 Å². The van der Waals surface area contributed by atoms with Gasteiger partial charge >= 0.3 is 0 Å². The zero-order valence-corrected chi connectivity index (χ0v) is 16.8. The van der Waals surface area contributed by atoms with E-state index in [0.717, 1.165) is 16.8 Å². The lowest BCUT2D eigenvalue weighted by Crippen LogP contribution is -2.57. The molecule has 29 heavy (non-hydrogen) atoms. The van der Waals surface area contributed by atoms with Crippen LogP contribution in [-0.2, 0) is 4.79 Å². The number of anilines is 1. The molecule has 0 aliphatic carbocycles. The molecule has 0 N–H and O–H groups in total. The van der Waals surface area contributed by atoms with Crippen LogP contribution >= 0.6 is 11.6 Å². The second-order valence-corrected chi connectivity index (χ2v) is 7.49. The number of hydrogen-bond acceptors (Lipinski definition) is 2. The monoisotopic (exact) mass is 404 g/mol. The van der Waals surface area contributed by atoms with Crippen molar-refractivity contribution < 1.29 is 9.59 Å². The third-order valence-corrected chi connectivity index (χ3v) is 5.50. The van der Waals surface area contributed by atoms with E-state index in [4.69, 9.17) is 11.6 Å². The lowest BCUT2D eigenvalue weighted by atomic mass is 10.0. The van der Waals surface area contributed by atoms with E-state index < -0.39 is 6.04 Å². The predicted octanol–water partition coefficient (Wildman–Crippen LogP) is 4.88. The highest BCUT2D eigenvalue weighted by molar-refractivity contribution is 6.31. The maximum Gasteiger partial charge on any atom is 0.254 e. The van der Waals surface area contributed by atoms with Crippen LogP contribution in [0, 0.1) is 0 Å². The van der Waals surface area contributed by atoms with E-state index in [0.29, 0.717) is 23.7 Å². The first-order chi connectivity index (χ1) is 14.1. The normalized spacial score (nSPS) is 16.8. The highest BCUT2D eigenvalue weighted by Crippen LogP contribution is 2.32. The molecule has 4 rings (SSSR count). The van der Waals surface area contributed by atoms with E-state index >= 15 is 0 Å². The number of carbonyl (C=O) groups is 2. The Labute approximate surface area is 175 Å². The first-order valence-electron chi connectivity index (χ1n) is 9.58. The molecule has 1 saturated heterocycles. The maximum absolute atomic E-state index is 13.2. The van der Waals surface area contributed by atoms with Crippen LogP contribution in [0.5, 0.6) is 0 Å². The van der Waals surface area contributed by atoms with Crippen molar-refractivity contribution in [1.29, 1.82) is 0 Å². The summed E-state index contributed by atoms with van der Waals surface area (Å²) in [5, 5.41) is 0.505. The summed E-state index contributed by atoms with van der Waals surface area (Å²) in [6.45, 7) is 2.68. The molecule has 1 heterocycles. The molecule has 0 bridgehead atoms.